The fourth-order valence-corrected chi connectivity index (χ4v) is 1.71. The number of nitrogens with one attached hydrogen (secondary N) is 1. The van der Waals surface area contributed by atoms with Crippen molar-refractivity contribution < 1.29 is 4.79 Å². The zero-order valence-electron chi connectivity index (χ0n) is 8.58. The highest BCUT2D eigenvalue weighted by atomic mass is 35.5. The van der Waals surface area contributed by atoms with Crippen LogP contribution in [-0.4, -0.2) is 12.2 Å². The molecule has 0 aliphatic rings. The van der Waals surface area contributed by atoms with Gasteiger partial charge in [-0.15, -0.1) is 11.8 Å². The summed E-state index contributed by atoms with van der Waals surface area (Å²) in [5.41, 5.74) is 3.22. The van der Waals surface area contributed by atoms with Gasteiger partial charge in [-0.1, -0.05) is 29.3 Å². The number of benzene rings is 1. The molecule has 1 aromatic carbocycles. The topological polar surface area (TPSA) is 29.1 Å². The molecule has 2 nitrogen and oxygen atoms in total. The molecule has 0 aliphatic carbocycles. The van der Waals surface area contributed by atoms with Crippen LogP contribution < -0.4 is 5.32 Å². The highest BCUT2D eigenvalue weighted by Crippen LogP contribution is 2.16. The summed E-state index contributed by atoms with van der Waals surface area (Å²) in [5, 5.41) is 2.76. The molecule has 0 atom stereocenters. The Kier molecular flexibility index (Phi) is 4.72. The monoisotopic (exact) mass is 241 g/mol. The van der Waals surface area contributed by atoms with Crippen molar-refractivity contribution in [2.24, 2.45) is 0 Å². The van der Waals surface area contributed by atoms with Crippen LogP contribution in [0.2, 0.25) is 0 Å². The number of hydrogen-bond acceptors (Lipinski definition) is 2. The number of aryl methyl sites for hydroxylation is 1. The van der Waals surface area contributed by atoms with Crippen molar-refractivity contribution in [1.82, 2.24) is 0 Å². The lowest BCUT2D eigenvalue weighted by molar-refractivity contribution is -0.112. The van der Waals surface area contributed by atoms with E-state index in [1.165, 1.54) is 17.3 Å². The van der Waals surface area contributed by atoms with Crippen molar-refractivity contribution in [3.05, 3.63) is 40.3 Å². The van der Waals surface area contributed by atoms with Crippen molar-refractivity contribution >= 4 is 35.0 Å². The average molecular weight is 242 g/mol. The van der Waals surface area contributed by atoms with E-state index in [4.69, 9.17) is 11.6 Å². The maximum absolute atomic E-state index is 11.6. The largest absolute Gasteiger partial charge is 0.322 e. The number of amides is 1. The summed E-state index contributed by atoms with van der Waals surface area (Å²) < 4.78 is 0. The number of thioether (sulfide) groups is 1. The molecule has 0 saturated heterocycles. The molecule has 0 heterocycles. The zero-order valence-corrected chi connectivity index (χ0v) is 10.2. The average Bonchev–Trinajstić information content (AvgIpc) is 2.23. The van der Waals surface area contributed by atoms with E-state index < -0.39 is 0 Å². The molecule has 0 aromatic heterocycles. The molecule has 0 spiro atoms. The molecule has 0 radical (unpaired) electrons. The van der Waals surface area contributed by atoms with E-state index in [0.717, 1.165) is 11.3 Å². The molecule has 1 rings (SSSR count). The van der Waals surface area contributed by atoms with Crippen molar-refractivity contribution in [2.75, 3.05) is 11.6 Å². The number of anilines is 1. The number of halogens is 1. The van der Waals surface area contributed by atoms with Gasteiger partial charge in [0.2, 0.25) is 0 Å². The third kappa shape index (κ3) is 3.61. The Morgan fingerprint density at radius 2 is 2.00 bits per heavy atom. The number of rotatable bonds is 3. The van der Waals surface area contributed by atoms with Gasteiger partial charge in [0.25, 0.3) is 5.91 Å². The molecule has 1 amide bonds. The molecule has 15 heavy (non-hydrogen) atoms. The fraction of sp³-hybridized carbons (Fsp3) is 0.182. The molecule has 4 heteroatoms. The van der Waals surface area contributed by atoms with E-state index >= 15 is 0 Å². The summed E-state index contributed by atoms with van der Waals surface area (Å²) in [6.45, 7) is 2.00. The molecule has 80 valence electrons. The highest BCUT2D eigenvalue weighted by Gasteiger charge is 2.07. The Morgan fingerprint density at radius 3 is 2.47 bits per heavy atom. The van der Waals surface area contributed by atoms with Crippen molar-refractivity contribution in [1.29, 1.82) is 0 Å². The maximum atomic E-state index is 11.6. The van der Waals surface area contributed by atoms with Gasteiger partial charge in [-0.3, -0.25) is 4.79 Å². The summed E-state index contributed by atoms with van der Waals surface area (Å²) >= 11 is 6.83. The number of hydrogen-bond donors (Lipinski definition) is 1. The first-order valence-electron chi connectivity index (χ1n) is 4.39. The van der Waals surface area contributed by atoms with E-state index in [1.807, 2.05) is 37.4 Å². The molecule has 0 fully saturated rings. The molecule has 1 aromatic rings. The van der Waals surface area contributed by atoms with Crippen LogP contribution in [-0.2, 0) is 4.79 Å². The molecule has 0 bridgehead atoms. The van der Waals surface area contributed by atoms with Crippen LogP contribution in [0, 0.1) is 6.92 Å². The van der Waals surface area contributed by atoms with Gasteiger partial charge in [-0.25, -0.2) is 0 Å². The third-order valence-electron chi connectivity index (χ3n) is 1.85. The predicted molar refractivity (Wildman–Crippen MR) is 67.3 cm³/mol. The first-order chi connectivity index (χ1) is 7.17. The van der Waals surface area contributed by atoms with E-state index in [9.17, 15) is 4.79 Å². The Bertz CT molecular complexity index is 373. The zero-order chi connectivity index (χ0) is 11.3. The molecule has 0 aliphatic heterocycles. The van der Waals surface area contributed by atoms with Gasteiger partial charge in [0.05, 0.1) is 4.91 Å². The molecule has 0 saturated carbocycles. The lowest BCUT2D eigenvalue weighted by atomic mass is 10.2. The van der Waals surface area contributed by atoms with Gasteiger partial charge in [-0.05, 0) is 25.3 Å². The Balaban J connectivity index is 2.70. The van der Waals surface area contributed by atoms with Gasteiger partial charge in [-0.2, -0.15) is 0 Å². The van der Waals surface area contributed by atoms with Gasteiger partial charge < -0.3 is 5.32 Å². The van der Waals surface area contributed by atoms with E-state index in [-0.39, 0.29) is 5.91 Å². The summed E-state index contributed by atoms with van der Waals surface area (Å²) in [4.78, 5) is 12.1. The maximum Gasteiger partial charge on any atom is 0.262 e. The standard InChI is InChI=1S/C11H12ClNOS/c1-8-3-5-9(6-4-8)13-11(14)10(7-12)15-2/h3-7H,1-2H3,(H,13,14)/b10-7-. The normalized spacial score (nSPS) is 11.3. The van der Waals surface area contributed by atoms with Crippen LogP contribution in [0.25, 0.3) is 0 Å². The van der Waals surface area contributed by atoms with Gasteiger partial charge >= 0.3 is 0 Å². The minimum absolute atomic E-state index is 0.179. The van der Waals surface area contributed by atoms with Crippen LogP contribution in [0.1, 0.15) is 5.56 Å². The summed E-state index contributed by atoms with van der Waals surface area (Å²) in [6, 6.07) is 7.61. The van der Waals surface area contributed by atoms with Crippen LogP contribution in [0.15, 0.2) is 34.7 Å². The minimum Gasteiger partial charge on any atom is -0.322 e. The van der Waals surface area contributed by atoms with E-state index in [0.29, 0.717) is 4.91 Å². The second-order valence-corrected chi connectivity index (χ2v) is 4.06. The smallest absolute Gasteiger partial charge is 0.262 e. The second kappa shape index (κ2) is 5.83. The van der Waals surface area contributed by atoms with Crippen molar-refractivity contribution in [3.63, 3.8) is 0 Å². The Hall–Kier alpha value is -0.930. The van der Waals surface area contributed by atoms with Gasteiger partial charge in [0.1, 0.15) is 0 Å². The fourth-order valence-electron chi connectivity index (χ4n) is 1.02. The summed E-state index contributed by atoms with van der Waals surface area (Å²) in [5.74, 6) is -0.179. The Morgan fingerprint density at radius 1 is 1.40 bits per heavy atom. The minimum atomic E-state index is -0.179. The molecule has 0 unspecified atom stereocenters. The van der Waals surface area contributed by atoms with E-state index in [2.05, 4.69) is 5.32 Å². The second-order valence-electron chi connectivity index (χ2n) is 3.00. The number of carbonyl (C=O) groups excluding carboxylic acids is 1. The van der Waals surface area contributed by atoms with Crippen LogP contribution in [0.3, 0.4) is 0 Å². The van der Waals surface area contributed by atoms with Crippen molar-refractivity contribution in [2.45, 2.75) is 6.92 Å². The van der Waals surface area contributed by atoms with Crippen molar-refractivity contribution in [3.8, 4) is 0 Å². The number of carbonyl (C=O) groups is 1. The lowest BCUT2D eigenvalue weighted by Gasteiger charge is -2.05. The quantitative estimate of drug-likeness (QED) is 0.822. The van der Waals surface area contributed by atoms with Crippen LogP contribution >= 0.6 is 23.4 Å². The SMILES string of the molecule is CS/C(=C\Cl)C(=O)Nc1ccc(C)cc1. The lowest BCUT2D eigenvalue weighted by Crippen LogP contribution is -2.12. The highest BCUT2D eigenvalue weighted by molar-refractivity contribution is 8.03. The van der Waals surface area contributed by atoms with Crippen LogP contribution in [0.4, 0.5) is 5.69 Å². The summed E-state index contributed by atoms with van der Waals surface area (Å²) in [6.07, 6.45) is 1.81. The van der Waals surface area contributed by atoms with Gasteiger partial charge in [0.15, 0.2) is 0 Å². The summed E-state index contributed by atoms with van der Waals surface area (Å²) in [7, 11) is 0. The molecular formula is C11H12ClNOS. The van der Waals surface area contributed by atoms with E-state index in [1.54, 1.807) is 0 Å². The van der Waals surface area contributed by atoms with Gasteiger partial charge in [0, 0.05) is 11.2 Å². The van der Waals surface area contributed by atoms with Crippen LogP contribution in [0.5, 0.6) is 0 Å². The first kappa shape index (κ1) is 12.1. The molecule has 1 N–H and O–H groups in total. The first-order valence-corrected chi connectivity index (χ1v) is 6.06. The molecular weight excluding hydrogens is 230 g/mol. The predicted octanol–water partition coefficient (Wildman–Crippen LogP) is 3.38. The Labute approximate surface area is 98.7 Å². The third-order valence-corrected chi connectivity index (χ3v) is 2.94.